The smallest absolute Gasteiger partial charge is 0.294 e. The number of aromatic nitrogens is 1. The van der Waals surface area contributed by atoms with Gasteiger partial charge in [-0.25, -0.2) is 0 Å². The SMILES string of the molecule is COc1cc(/C=C2/SC(=O)N(CC(=O)Nc3ccc(Br)c(Cl)c3)C2=O)cc(Br)c1OCc1ccccn1. The van der Waals surface area contributed by atoms with E-state index in [-0.39, 0.29) is 11.5 Å². The van der Waals surface area contributed by atoms with Gasteiger partial charge in [0.25, 0.3) is 11.1 Å². The number of hydrogen-bond acceptors (Lipinski definition) is 7. The fourth-order valence-electron chi connectivity index (χ4n) is 3.30. The molecule has 12 heteroatoms. The van der Waals surface area contributed by atoms with E-state index in [2.05, 4.69) is 42.2 Å². The number of nitrogens with zero attached hydrogens (tertiary/aromatic N) is 2. The fourth-order valence-corrected chi connectivity index (χ4v) is 5.14. The molecule has 1 saturated heterocycles. The summed E-state index contributed by atoms with van der Waals surface area (Å²) in [6.45, 7) is -0.189. The fraction of sp³-hybridized carbons (Fsp3) is 0.120. The molecule has 0 spiro atoms. The lowest BCUT2D eigenvalue weighted by molar-refractivity contribution is -0.127. The number of hydrogen-bond donors (Lipinski definition) is 1. The summed E-state index contributed by atoms with van der Waals surface area (Å²) in [6, 6.07) is 13.9. The second-order valence-corrected chi connectivity index (χ2v) is 10.7. The van der Waals surface area contributed by atoms with Crippen LogP contribution in [0.3, 0.4) is 0 Å². The molecular weight excluding hydrogens is 650 g/mol. The van der Waals surface area contributed by atoms with Gasteiger partial charge in [-0.3, -0.25) is 24.3 Å². The number of rotatable bonds is 8. The van der Waals surface area contributed by atoms with Crippen molar-refractivity contribution in [2.75, 3.05) is 19.0 Å². The van der Waals surface area contributed by atoms with Gasteiger partial charge in [0, 0.05) is 16.4 Å². The molecule has 3 amide bonds. The molecule has 0 bridgehead atoms. The Balaban J connectivity index is 1.46. The minimum atomic E-state index is -0.565. The van der Waals surface area contributed by atoms with Gasteiger partial charge in [0.1, 0.15) is 13.2 Å². The Morgan fingerprint density at radius 2 is 1.97 bits per heavy atom. The van der Waals surface area contributed by atoms with Crippen molar-refractivity contribution in [2.45, 2.75) is 6.61 Å². The van der Waals surface area contributed by atoms with Gasteiger partial charge in [-0.05, 0) is 97.7 Å². The lowest BCUT2D eigenvalue weighted by atomic mass is 10.2. The molecule has 3 aromatic rings. The molecule has 0 saturated carbocycles. The quantitative estimate of drug-likeness (QED) is 0.273. The number of methoxy groups -OCH3 is 1. The third-order valence-electron chi connectivity index (χ3n) is 5.02. The van der Waals surface area contributed by atoms with Gasteiger partial charge in [-0.1, -0.05) is 17.7 Å². The van der Waals surface area contributed by atoms with Crippen LogP contribution in [0.5, 0.6) is 11.5 Å². The highest BCUT2D eigenvalue weighted by atomic mass is 79.9. The molecule has 0 atom stereocenters. The summed E-state index contributed by atoms with van der Waals surface area (Å²) in [5.41, 5.74) is 1.80. The Hall–Kier alpha value is -2.86. The van der Waals surface area contributed by atoms with Crippen LogP contribution in [0, 0.1) is 0 Å². The van der Waals surface area contributed by atoms with E-state index < -0.39 is 23.6 Å². The maximum Gasteiger partial charge on any atom is 0.294 e. The van der Waals surface area contributed by atoms with Crippen LogP contribution in [0.1, 0.15) is 11.3 Å². The molecule has 4 rings (SSSR count). The van der Waals surface area contributed by atoms with Gasteiger partial charge in [0.15, 0.2) is 11.5 Å². The summed E-state index contributed by atoms with van der Waals surface area (Å²) in [6.07, 6.45) is 3.24. The molecule has 1 N–H and O–H groups in total. The molecule has 1 aliphatic heterocycles. The van der Waals surface area contributed by atoms with E-state index in [9.17, 15) is 14.4 Å². The average Bonchev–Trinajstić information content (AvgIpc) is 3.13. The molecule has 0 unspecified atom stereocenters. The number of imide groups is 1. The molecule has 0 aliphatic carbocycles. The van der Waals surface area contributed by atoms with Gasteiger partial charge in [-0.2, -0.15) is 0 Å². The average molecular weight is 668 g/mol. The molecule has 1 aliphatic rings. The summed E-state index contributed by atoms with van der Waals surface area (Å²) in [4.78, 5) is 43.2. The Kier molecular flexibility index (Phi) is 8.91. The molecule has 2 aromatic carbocycles. The van der Waals surface area contributed by atoms with E-state index in [0.29, 0.717) is 36.7 Å². The first-order valence-corrected chi connectivity index (χ1v) is 13.4. The lowest BCUT2D eigenvalue weighted by Crippen LogP contribution is -2.36. The number of halogens is 3. The van der Waals surface area contributed by atoms with Crippen LogP contribution < -0.4 is 14.8 Å². The number of ether oxygens (including phenoxy) is 2. The maximum atomic E-state index is 12.9. The van der Waals surface area contributed by atoms with Gasteiger partial charge >= 0.3 is 0 Å². The molecular formula is C25H18Br2ClN3O5S. The predicted octanol–water partition coefficient (Wildman–Crippen LogP) is 6.52. The van der Waals surface area contributed by atoms with Gasteiger partial charge in [0.05, 0.1) is 27.2 Å². The first kappa shape index (κ1) is 27.2. The van der Waals surface area contributed by atoms with E-state index in [0.717, 1.165) is 22.4 Å². The lowest BCUT2D eigenvalue weighted by Gasteiger charge is -2.14. The van der Waals surface area contributed by atoms with E-state index in [1.807, 2.05) is 18.2 Å². The van der Waals surface area contributed by atoms with E-state index >= 15 is 0 Å². The Bertz CT molecular complexity index is 1400. The number of nitrogens with one attached hydrogen (secondary N) is 1. The predicted molar refractivity (Wildman–Crippen MR) is 150 cm³/mol. The molecule has 0 radical (unpaired) electrons. The van der Waals surface area contributed by atoms with E-state index in [1.165, 1.54) is 7.11 Å². The highest BCUT2D eigenvalue weighted by Gasteiger charge is 2.36. The second kappa shape index (κ2) is 12.1. The van der Waals surface area contributed by atoms with Crippen molar-refractivity contribution in [3.63, 3.8) is 0 Å². The highest BCUT2D eigenvalue weighted by Crippen LogP contribution is 2.39. The third-order valence-corrected chi connectivity index (χ3v) is 7.75. The van der Waals surface area contributed by atoms with Gasteiger partial charge in [0.2, 0.25) is 5.91 Å². The first-order valence-electron chi connectivity index (χ1n) is 10.7. The van der Waals surface area contributed by atoms with Crippen molar-refractivity contribution in [3.8, 4) is 11.5 Å². The van der Waals surface area contributed by atoms with Crippen LogP contribution in [0.15, 0.2) is 68.6 Å². The Labute approximate surface area is 238 Å². The maximum absolute atomic E-state index is 12.9. The van der Waals surface area contributed by atoms with Crippen molar-refractivity contribution in [1.29, 1.82) is 0 Å². The van der Waals surface area contributed by atoms with Crippen molar-refractivity contribution in [2.24, 2.45) is 0 Å². The monoisotopic (exact) mass is 665 g/mol. The number of pyridine rings is 1. The summed E-state index contributed by atoms with van der Waals surface area (Å²) >= 11 is 13.6. The third kappa shape index (κ3) is 6.72. The summed E-state index contributed by atoms with van der Waals surface area (Å²) < 4.78 is 12.6. The number of anilines is 1. The zero-order valence-electron chi connectivity index (χ0n) is 19.2. The molecule has 1 aromatic heterocycles. The van der Waals surface area contributed by atoms with Crippen LogP contribution in [0.2, 0.25) is 5.02 Å². The number of carbonyl (C=O) groups excluding carboxylic acids is 3. The molecule has 8 nitrogen and oxygen atoms in total. The number of carbonyl (C=O) groups is 3. The standard InChI is InChI=1S/C25H18Br2ClN3O5S/c1-35-20-9-14(8-18(27)23(20)36-13-16-4-2-3-7-29-16)10-21-24(33)31(25(34)37-21)12-22(32)30-15-5-6-17(26)19(28)11-15/h2-11H,12-13H2,1H3,(H,30,32)/b21-10+. The van der Waals surface area contributed by atoms with Crippen LogP contribution in [-0.4, -0.2) is 40.6 Å². The van der Waals surface area contributed by atoms with Crippen molar-refractivity contribution >= 4 is 84.0 Å². The van der Waals surface area contributed by atoms with Crippen molar-refractivity contribution in [3.05, 3.63) is 84.9 Å². The topological polar surface area (TPSA) is 97.8 Å². The number of thioether (sulfide) groups is 1. The van der Waals surface area contributed by atoms with Crippen LogP contribution >= 0.6 is 55.2 Å². The molecule has 37 heavy (non-hydrogen) atoms. The highest BCUT2D eigenvalue weighted by molar-refractivity contribution is 9.10. The van der Waals surface area contributed by atoms with Crippen molar-refractivity contribution < 1.29 is 23.9 Å². The zero-order chi connectivity index (χ0) is 26.5. The molecule has 190 valence electrons. The van der Waals surface area contributed by atoms with Crippen LogP contribution in [0.4, 0.5) is 10.5 Å². The normalized spacial score (nSPS) is 14.3. The second-order valence-electron chi connectivity index (χ2n) is 7.59. The minimum absolute atomic E-state index is 0.181. The Morgan fingerprint density at radius 1 is 1.16 bits per heavy atom. The number of amides is 3. The van der Waals surface area contributed by atoms with E-state index in [1.54, 1.807) is 42.6 Å². The van der Waals surface area contributed by atoms with Gasteiger partial charge < -0.3 is 14.8 Å². The number of benzene rings is 2. The summed E-state index contributed by atoms with van der Waals surface area (Å²) in [5.74, 6) is -0.184. The largest absolute Gasteiger partial charge is 0.493 e. The van der Waals surface area contributed by atoms with E-state index in [4.69, 9.17) is 21.1 Å². The molecule has 1 fully saturated rings. The summed E-state index contributed by atoms with van der Waals surface area (Å²) in [5, 5.41) is 2.51. The van der Waals surface area contributed by atoms with Gasteiger partial charge in [-0.15, -0.1) is 0 Å². The molecule has 2 heterocycles. The van der Waals surface area contributed by atoms with Crippen molar-refractivity contribution in [1.82, 2.24) is 9.88 Å². The Morgan fingerprint density at radius 3 is 2.68 bits per heavy atom. The first-order chi connectivity index (χ1) is 17.7. The summed E-state index contributed by atoms with van der Waals surface area (Å²) in [7, 11) is 1.50. The minimum Gasteiger partial charge on any atom is -0.493 e. The van der Waals surface area contributed by atoms with Crippen LogP contribution in [-0.2, 0) is 16.2 Å². The van der Waals surface area contributed by atoms with Crippen LogP contribution in [0.25, 0.3) is 6.08 Å². The zero-order valence-corrected chi connectivity index (χ0v) is 23.9.